The molecule has 0 saturated carbocycles. The third-order valence-corrected chi connectivity index (χ3v) is 3.23. The lowest BCUT2D eigenvalue weighted by Crippen LogP contribution is -2.17. The van der Waals surface area contributed by atoms with E-state index in [1.165, 1.54) is 0 Å². The summed E-state index contributed by atoms with van der Waals surface area (Å²) in [5.41, 5.74) is 1.15. The zero-order chi connectivity index (χ0) is 12.7. The van der Waals surface area contributed by atoms with E-state index in [0.29, 0.717) is 12.8 Å². The smallest absolute Gasteiger partial charge is 0.0543 e. The highest BCUT2D eigenvalue weighted by molar-refractivity contribution is 5.16. The first kappa shape index (κ1) is 14.1. The van der Waals surface area contributed by atoms with Gasteiger partial charge in [-0.2, -0.15) is 0 Å². The molecule has 0 aliphatic rings. The molecule has 0 fully saturated rings. The molecule has 0 aliphatic carbocycles. The predicted molar refractivity (Wildman–Crippen MR) is 68.8 cm³/mol. The van der Waals surface area contributed by atoms with Crippen molar-refractivity contribution in [3.8, 4) is 0 Å². The highest BCUT2D eigenvalue weighted by atomic mass is 16.3. The maximum Gasteiger partial charge on any atom is 0.0543 e. The first-order valence-electron chi connectivity index (χ1n) is 6.43. The van der Waals surface area contributed by atoms with Gasteiger partial charge in [-0.1, -0.05) is 13.8 Å². The fourth-order valence-electron chi connectivity index (χ4n) is 1.99. The monoisotopic (exact) mass is 237 g/mol. The van der Waals surface area contributed by atoms with Gasteiger partial charge in [-0.3, -0.25) is 4.98 Å². The lowest BCUT2D eigenvalue weighted by molar-refractivity contribution is 0.118. The van der Waals surface area contributed by atoms with E-state index >= 15 is 0 Å². The third-order valence-electron chi connectivity index (χ3n) is 3.23. The van der Waals surface area contributed by atoms with Crippen LogP contribution in [0.15, 0.2) is 24.5 Å². The van der Waals surface area contributed by atoms with Gasteiger partial charge < -0.3 is 10.2 Å². The molecule has 0 saturated heterocycles. The fraction of sp³-hybridized carbons (Fsp3) is 0.643. The lowest BCUT2D eigenvalue weighted by atomic mass is 9.87. The standard InChI is InChI=1S/C14H23NO2/c1-3-13(16)9-12(10-14(17)4-2)11-5-7-15-8-6-11/h5-8,12-14,16-17H,3-4,9-10H2,1-2H3. The van der Waals surface area contributed by atoms with Crippen LogP contribution in [0.1, 0.15) is 51.0 Å². The summed E-state index contributed by atoms with van der Waals surface area (Å²) in [6, 6.07) is 3.94. The van der Waals surface area contributed by atoms with Crippen LogP contribution in [0, 0.1) is 0 Å². The Morgan fingerprint density at radius 2 is 1.47 bits per heavy atom. The molecule has 17 heavy (non-hydrogen) atoms. The molecule has 0 aromatic carbocycles. The van der Waals surface area contributed by atoms with Crippen molar-refractivity contribution in [3.05, 3.63) is 30.1 Å². The van der Waals surface area contributed by atoms with Gasteiger partial charge in [-0.15, -0.1) is 0 Å². The lowest BCUT2D eigenvalue weighted by Gasteiger charge is -2.22. The molecule has 2 N–H and O–H groups in total. The average molecular weight is 237 g/mol. The molecule has 2 atom stereocenters. The largest absolute Gasteiger partial charge is 0.393 e. The second-order valence-electron chi connectivity index (χ2n) is 4.57. The van der Waals surface area contributed by atoms with Crippen LogP contribution in [0.2, 0.25) is 0 Å². The van der Waals surface area contributed by atoms with E-state index in [2.05, 4.69) is 4.98 Å². The van der Waals surface area contributed by atoms with E-state index in [1.807, 2.05) is 26.0 Å². The normalized spacial score (nSPS) is 16.5. The van der Waals surface area contributed by atoms with E-state index < -0.39 is 0 Å². The van der Waals surface area contributed by atoms with E-state index in [-0.39, 0.29) is 18.1 Å². The number of hydrogen-bond donors (Lipinski definition) is 2. The molecule has 0 aliphatic heterocycles. The maximum atomic E-state index is 9.78. The van der Waals surface area contributed by atoms with Gasteiger partial charge in [0.25, 0.3) is 0 Å². The van der Waals surface area contributed by atoms with Crippen LogP contribution >= 0.6 is 0 Å². The highest BCUT2D eigenvalue weighted by Crippen LogP contribution is 2.27. The van der Waals surface area contributed by atoms with Gasteiger partial charge in [0.05, 0.1) is 12.2 Å². The Morgan fingerprint density at radius 1 is 1.00 bits per heavy atom. The molecule has 1 heterocycles. The molecule has 96 valence electrons. The third kappa shape index (κ3) is 4.84. The van der Waals surface area contributed by atoms with E-state index in [0.717, 1.165) is 18.4 Å². The first-order valence-corrected chi connectivity index (χ1v) is 6.43. The Balaban J connectivity index is 2.72. The molecule has 1 rings (SSSR count). The van der Waals surface area contributed by atoms with Crippen LogP contribution in [-0.4, -0.2) is 27.4 Å². The molecule has 2 unspecified atom stereocenters. The Hall–Kier alpha value is -0.930. The Labute approximate surface area is 104 Å². The van der Waals surface area contributed by atoms with Crippen molar-refractivity contribution in [1.29, 1.82) is 0 Å². The van der Waals surface area contributed by atoms with Crippen molar-refractivity contribution < 1.29 is 10.2 Å². The van der Waals surface area contributed by atoms with Crippen molar-refractivity contribution in [3.63, 3.8) is 0 Å². The van der Waals surface area contributed by atoms with Crippen LogP contribution < -0.4 is 0 Å². The molecule has 1 aromatic rings. The number of aromatic nitrogens is 1. The zero-order valence-electron chi connectivity index (χ0n) is 10.7. The topological polar surface area (TPSA) is 53.4 Å². The van der Waals surface area contributed by atoms with E-state index in [1.54, 1.807) is 12.4 Å². The number of hydrogen-bond acceptors (Lipinski definition) is 3. The zero-order valence-corrected chi connectivity index (χ0v) is 10.7. The minimum absolute atomic E-state index is 0.211. The molecule has 0 bridgehead atoms. The summed E-state index contributed by atoms with van der Waals surface area (Å²) >= 11 is 0. The molecular formula is C14H23NO2. The summed E-state index contributed by atoms with van der Waals surface area (Å²) in [4.78, 5) is 4.00. The molecule has 3 nitrogen and oxygen atoms in total. The van der Waals surface area contributed by atoms with Gasteiger partial charge >= 0.3 is 0 Å². The highest BCUT2D eigenvalue weighted by Gasteiger charge is 2.18. The summed E-state index contributed by atoms with van der Waals surface area (Å²) in [6.45, 7) is 3.95. The van der Waals surface area contributed by atoms with Gasteiger partial charge in [-0.25, -0.2) is 0 Å². The molecule has 0 radical (unpaired) electrons. The molecule has 3 heteroatoms. The fourth-order valence-corrected chi connectivity index (χ4v) is 1.99. The molecule has 1 aromatic heterocycles. The summed E-state index contributed by atoms with van der Waals surface area (Å²) in [6.07, 6.45) is 5.86. The van der Waals surface area contributed by atoms with Crippen molar-refractivity contribution in [1.82, 2.24) is 4.98 Å². The number of aliphatic hydroxyl groups excluding tert-OH is 2. The van der Waals surface area contributed by atoms with Crippen molar-refractivity contribution in [2.24, 2.45) is 0 Å². The van der Waals surface area contributed by atoms with Gasteiger partial charge in [-0.05, 0) is 49.3 Å². The minimum atomic E-state index is -0.294. The Morgan fingerprint density at radius 3 is 1.88 bits per heavy atom. The Kier molecular flexibility index (Phi) is 6.16. The van der Waals surface area contributed by atoms with Crippen LogP contribution in [0.25, 0.3) is 0 Å². The second-order valence-corrected chi connectivity index (χ2v) is 4.57. The quantitative estimate of drug-likeness (QED) is 0.766. The number of rotatable bonds is 7. The van der Waals surface area contributed by atoms with Crippen LogP contribution in [0.3, 0.4) is 0 Å². The number of nitrogens with zero attached hydrogens (tertiary/aromatic N) is 1. The van der Waals surface area contributed by atoms with Crippen molar-refractivity contribution >= 4 is 0 Å². The molecule has 0 spiro atoms. The minimum Gasteiger partial charge on any atom is -0.393 e. The van der Waals surface area contributed by atoms with Crippen molar-refractivity contribution in [2.45, 2.75) is 57.7 Å². The summed E-state index contributed by atoms with van der Waals surface area (Å²) in [5.74, 6) is 0.211. The number of aliphatic hydroxyl groups is 2. The summed E-state index contributed by atoms with van der Waals surface area (Å²) in [7, 11) is 0. The SMILES string of the molecule is CCC(O)CC(CC(O)CC)c1ccncc1. The van der Waals surface area contributed by atoms with Crippen LogP contribution in [-0.2, 0) is 0 Å². The Bertz CT molecular complexity index is 290. The van der Waals surface area contributed by atoms with Gasteiger partial charge in [0, 0.05) is 12.4 Å². The summed E-state index contributed by atoms with van der Waals surface area (Å²) in [5, 5.41) is 19.6. The maximum absolute atomic E-state index is 9.78. The number of pyridine rings is 1. The van der Waals surface area contributed by atoms with Crippen LogP contribution in [0.4, 0.5) is 0 Å². The van der Waals surface area contributed by atoms with E-state index in [4.69, 9.17) is 0 Å². The average Bonchev–Trinajstić information content (AvgIpc) is 2.38. The van der Waals surface area contributed by atoms with Crippen molar-refractivity contribution in [2.75, 3.05) is 0 Å². The predicted octanol–water partition coefficient (Wildman–Crippen LogP) is 2.49. The summed E-state index contributed by atoms with van der Waals surface area (Å²) < 4.78 is 0. The van der Waals surface area contributed by atoms with Gasteiger partial charge in [0.15, 0.2) is 0 Å². The van der Waals surface area contributed by atoms with Gasteiger partial charge in [0.2, 0.25) is 0 Å². The van der Waals surface area contributed by atoms with Gasteiger partial charge in [0.1, 0.15) is 0 Å². The molecule has 0 amide bonds. The molecular weight excluding hydrogens is 214 g/mol. The van der Waals surface area contributed by atoms with Crippen LogP contribution in [0.5, 0.6) is 0 Å². The second kappa shape index (κ2) is 7.41. The van der Waals surface area contributed by atoms with E-state index in [9.17, 15) is 10.2 Å². The first-order chi connectivity index (χ1) is 8.17.